The Kier molecular flexibility index (Phi) is 6.28. The third kappa shape index (κ3) is 4.95. The Bertz CT molecular complexity index is 1140. The van der Waals surface area contributed by atoms with Crippen molar-refractivity contribution in [2.75, 3.05) is 13.2 Å². The second-order valence-electron chi connectivity index (χ2n) is 7.79. The van der Waals surface area contributed by atoms with Crippen LogP contribution in [0, 0.1) is 12.8 Å². The van der Waals surface area contributed by atoms with Crippen molar-refractivity contribution in [2.45, 2.75) is 38.5 Å². The number of hydrogen-bond donors (Lipinski definition) is 1. The van der Waals surface area contributed by atoms with E-state index in [0.29, 0.717) is 18.7 Å². The quantitative estimate of drug-likeness (QED) is 0.554. The van der Waals surface area contributed by atoms with E-state index in [0.717, 1.165) is 22.8 Å². The lowest BCUT2D eigenvalue weighted by molar-refractivity contribution is -0.137. The van der Waals surface area contributed by atoms with Crippen molar-refractivity contribution in [1.82, 2.24) is 24.8 Å². The Labute approximate surface area is 185 Å². The number of halogens is 5. The first-order valence-corrected chi connectivity index (χ1v) is 10.2. The summed E-state index contributed by atoms with van der Waals surface area (Å²) in [5.41, 5.74) is -0.296. The Hall–Kier alpha value is -3.15. The van der Waals surface area contributed by atoms with Gasteiger partial charge in [0, 0.05) is 18.7 Å². The van der Waals surface area contributed by atoms with Crippen molar-refractivity contribution < 1.29 is 31.5 Å². The van der Waals surface area contributed by atoms with Crippen molar-refractivity contribution in [3.8, 4) is 0 Å². The third-order valence-corrected chi connectivity index (χ3v) is 5.44. The lowest BCUT2D eigenvalue weighted by Crippen LogP contribution is -2.36. The van der Waals surface area contributed by atoms with Crippen LogP contribution < -0.4 is 5.32 Å². The monoisotopic (exact) mass is 469 g/mol. The van der Waals surface area contributed by atoms with Gasteiger partial charge in [-0.15, -0.1) is 0 Å². The number of hydrogen-bond acceptors (Lipinski definition) is 5. The van der Waals surface area contributed by atoms with Crippen LogP contribution in [-0.4, -0.2) is 45.1 Å². The number of carbonyl (C=O) groups is 1. The molecule has 0 radical (unpaired) electrons. The molecule has 1 aromatic carbocycles. The van der Waals surface area contributed by atoms with E-state index in [1.165, 1.54) is 12.4 Å². The molecule has 2 unspecified atom stereocenters. The van der Waals surface area contributed by atoms with Crippen molar-refractivity contribution in [2.24, 2.45) is 5.92 Å². The molecule has 3 heterocycles. The maximum absolute atomic E-state index is 13.4. The summed E-state index contributed by atoms with van der Waals surface area (Å²) < 4.78 is 73.0. The zero-order valence-corrected chi connectivity index (χ0v) is 17.4. The number of nitrogens with zero attached hydrogens (tertiary/aromatic N) is 4. The Balaban J connectivity index is 1.79. The van der Waals surface area contributed by atoms with E-state index in [1.807, 2.05) is 0 Å². The molecule has 3 aromatic rings. The maximum atomic E-state index is 13.4. The average Bonchev–Trinajstić information content (AvgIpc) is 3.40. The molecule has 2 atom stereocenters. The van der Waals surface area contributed by atoms with Gasteiger partial charge in [0.1, 0.15) is 11.5 Å². The molecule has 0 bridgehead atoms. The van der Waals surface area contributed by atoms with Crippen LogP contribution in [0.4, 0.5) is 22.0 Å². The lowest BCUT2D eigenvalue weighted by atomic mass is 9.98. The van der Waals surface area contributed by atoms with Crippen LogP contribution in [-0.2, 0) is 17.5 Å². The van der Waals surface area contributed by atoms with Gasteiger partial charge in [-0.05, 0) is 31.5 Å². The number of ether oxygens (including phenoxy) is 1. The summed E-state index contributed by atoms with van der Waals surface area (Å²) in [6.07, 6.45) is -4.20. The van der Waals surface area contributed by atoms with Crippen molar-refractivity contribution >= 4 is 16.9 Å². The number of fused-ring (bicyclic) bond motifs is 1. The summed E-state index contributed by atoms with van der Waals surface area (Å²) in [5.74, 6) is -0.887. The Morgan fingerprint density at radius 2 is 2.06 bits per heavy atom. The Morgan fingerprint density at radius 1 is 1.27 bits per heavy atom. The third-order valence-electron chi connectivity index (χ3n) is 5.44. The molecular weight excluding hydrogens is 449 g/mol. The highest BCUT2D eigenvalue weighted by Gasteiger charge is 2.35. The molecule has 0 aliphatic carbocycles. The fraction of sp³-hybridized carbons (Fsp3) is 0.429. The first-order chi connectivity index (χ1) is 15.6. The molecule has 7 nitrogen and oxygen atoms in total. The first-order valence-electron chi connectivity index (χ1n) is 10.2. The molecule has 4 rings (SSSR count). The molecule has 0 saturated carbocycles. The van der Waals surface area contributed by atoms with Crippen LogP contribution in [0.3, 0.4) is 0 Å². The summed E-state index contributed by atoms with van der Waals surface area (Å²) in [6, 6.07) is 1.87. The number of alkyl halides is 5. The number of nitrogens with one attached hydrogen (secondary N) is 1. The van der Waals surface area contributed by atoms with Crippen LogP contribution in [0.5, 0.6) is 0 Å². The molecule has 1 aliphatic heterocycles. The molecule has 2 aromatic heterocycles. The van der Waals surface area contributed by atoms with Crippen LogP contribution in [0.25, 0.3) is 11.0 Å². The largest absolute Gasteiger partial charge is 0.416 e. The minimum atomic E-state index is -4.61. The molecule has 0 spiro atoms. The zero-order chi connectivity index (χ0) is 23.8. The SMILES string of the molecule is Cc1cnc(C(=O)NC(c2nc3cc(C(F)(F)F)ccc3n2CC(F)F)C2CCOC2)cn1. The van der Waals surface area contributed by atoms with Gasteiger partial charge in [0.05, 0.1) is 47.7 Å². The number of carbonyl (C=O) groups excluding carboxylic acids is 1. The van der Waals surface area contributed by atoms with Crippen LogP contribution in [0.2, 0.25) is 0 Å². The van der Waals surface area contributed by atoms with E-state index in [-0.39, 0.29) is 35.1 Å². The van der Waals surface area contributed by atoms with Gasteiger partial charge in [-0.3, -0.25) is 9.78 Å². The van der Waals surface area contributed by atoms with Crippen molar-refractivity contribution in [3.63, 3.8) is 0 Å². The molecule has 1 saturated heterocycles. The average molecular weight is 469 g/mol. The zero-order valence-electron chi connectivity index (χ0n) is 17.4. The van der Waals surface area contributed by atoms with E-state index >= 15 is 0 Å². The van der Waals surface area contributed by atoms with Gasteiger partial charge in [0.15, 0.2) is 0 Å². The smallest absolute Gasteiger partial charge is 0.381 e. The highest BCUT2D eigenvalue weighted by molar-refractivity contribution is 5.92. The van der Waals surface area contributed by atoms with Gasteiger partial charge in [0.2, 0.25) is 0 Å². The predicted molar refractivity (Wildman–Crippen MR) is 107 cm³/mol. The van der Waals surface area contributed by atoms with Gasteiger partial charge >= 0.3 is 6.18 Å². The van der Waals surface area contributed by atoms with E-state index in [2.05, 4.69) is 20.3 Å². The molecule has 12 heteroatoms. The summed E-state index contributed by atoms with van der Waals surface area (Å²) in [6.45, 7) is 1.54. The molecule has 176 valence electrons. The molecule has 33 heavy (non-hydrogen) atoms. The summed E-state index contributed by atoms with van der Waals surface area (Å²) in [7, 11) is 0. The summed E-state index contributed by atoms with van der Waals surface area (Å²) >= 11 is 0. The van der Waals surface area contributed by atoms with Gasteiger partial charge < -0.3 is 14.6 Å². The van der Waals surface area contributed by atoms with E-state index in [4.69, 9.17) is 4.74 Å². The number of rotatable bonds is 6. The van der Waals surface area contributed by atoms with Crippen LogP contribution in [0.1, 0.15) is 40.0 Å². The standard InChI is InChI=1S/C21H20F5N5O2/c1-11-7-28-15(8-27-11)20(32)30-18(12-4-5-33-10-12)19-29-14-6-13(21(24,25)26)2-3-16(14)31(19)9-17(22)23/h2-3,6-8,12,17-18H,4-5,9-10H2,1H3,(H,30,32). The van der Waals surface area contributed by atoms with Gasteiger partial charge in [-0.2, -0.15) is 13.2 Å². The summed E-state index contributed by atoms with van der Waals surface area (Å²) in [4.78, 5) is 25.2. The highest BCUT2D eigenvalue weighted by Crippen LogP contribution is 2.35. The van der Waals surface area contributed by atoms with Crippen LogP contribution in [0.15, 0.2) is 30.6 Å². The maximum Gasteiger partial charge on any atom is 0.416 e. The van der Waals surface area contributed by atoms with E-state index in [9.17, 15) is 26.7 Å². The number of imidazole rings is 1. The van der Waals surface area contributed by atoms with E-state index < -0.39 is 36.7 Å². The summed E-state index contributed by atoms with van der Waals surface area (Å²) in [5, 5.41) is 2.76. The van der Waals surface area contributed by atoms with Crippen molar-refractivity contribution in [1.29, 1.82) is 0 Å². The number of benzene rings is 1. The predicted octanol–water partition coefficient (Wildman–Crippen LogP) is 3.93. The topological polar surface area (TPSA) is 81.9 Å². The molecule has 1 aliphatic rings. The first kappa shape index (κ1) is 23.0. The van der Waals surface area contributed by atoms with E-state index in [1.54, 1.807) is 6.92 Å². The lowest BCUT2D eigenvalue weighted by Gasteiger charge is -2.24. The Morgan fingerprint density at radius 3 is 2.67 bits per heavy atom. The normalized spacial score (nSPS) is 17.6. The second-order valence-corrected chi connectivity index (χ2v) is 7.79. The number of aromatic nitrogens is 4. The van der Waals surface area contributed by atoms with Crippen LogP contribution >= 0.6 is 0 Å². The highest BCUT2D eigenvalue weighted by atomic mass is 19.4. The molecule has 1 fully saturated rings. The fourth-order valence-electron chi connectivity index (χ4n) is 3.83. The molecule has 1 N–H and O–H groups in total. The number of aryl methyl sites for hydroxylation is 1. The van der Waals surface area contributed by atoms with Gasteiger partial charge in [-0.1, -0.05) is 0 Å². The number of amides is 1. The second kappa shape index (κ2) is 9.00. The minimum absolute atomic E-state index is 0.0143. The minimum Gasteiger partial charge on any atom is -0.381 e. The molecular formula is C21H20F5N5O2. The van der Waals surface area contributed by atoms with Crippen molar-refractivity contribution in [3.05, 3.63) is 53.4 Å². The van der Waals surface area contributed by atoms with Gasteiger partial charge in [0.25, 0.3) is 12.3 Å². The van der Waals surface area contributed by atoms with Gasteiger partial charge in [-0.25, -0.2) is 18.7 Å². The molecule has 1 amide bonds. The fourth-order valence-corrected chi connectivity index (χ4v) is 3.83.